The molecule has 0 radical (unpaired) electrons. The van der Waals surface area contributed by atoms with Crippen LogP contribution in [0.1, 0.15) is 6.92 Å². The maximum Gasteiger partial charge on any atom is 1.00 e. The number of aliphatic carboxylic acids is 1. The van der Waals surface area contributed by atoms with E-state index in [1.54, 1.807) is 0 Å². The molecule has 0 fully saturated rings. The van der Waals surface area contributed by atoms with Gasteiger partial charge in [0.25, 0.3) is 5.97 Å². The molecule has 0 aromatic heterocycles. The summed E-state index contributed by atoms with van der Waals surface area (Å²) in [6.07, 6.45) is 0. The Hall–Kier alpha value is 1.69. The molecule has 0 aliphatic carbocycles. The van der Waals surface area contributed by atoms with Crippen LogP contribution in [0.5, 0.6) is 0 Å². The van der Waals surface area contributed by atoms with Gasteiger partial charge in [0.2, 0.25) is 0 Å². The molecule has 0 bridgehead atoms. The van der Waals surface area contributed by atoms with Gasteiger partial charge in [-0.1, -0.05) is 0 Å². The first-order chi connectivity index (χ1) is 4.37. The van der Waals surface area contributed by atoms with Crippen molar-refractivity contribution in [3.63, 3.8) is 0 Å². The summed E-state index contributed by atoms with van der Waals surface area (Å²) in [5, 5.41) is 7.42. The van der Waals surface area contributed by atoms with Crippen LogP contribution in [0, 0.1) is 0 Å². The Morgan fingerprint density at radius 3 is 1.25 bits per heavy atom. The molecule has 0 heterocycles. The summed E-state index contributed by atoms with van der Waals surface area (Å²) in [5.41, 5.74) is 0. The zero-order valence-corrected chi connectivity index (χ0v) is 12.4. The summed E-state index contributed by atoms with van der Waals surface area (Å²) in [7, 11) is -5.90. The Kier molecular flexibility index (Phi) is 29.7. The summed E-state index contributed by atoms with van der Waals surface area (Å²) in [6, 6.07) is 0. The summed E-state index contributed by atoms with van der Waals surface area (Å²) in [6.45, 7) is 1.08. The van der Waals surface area contributed by atoms with E-state index in [2.05, 4.69) is 0 Å². The molecular formula is C2H4Na2O6S2. The summed E-state index contributed by atoms with van der Waals surface area (Å²) >= 11 is 0. The van der Waals surface area contributed by atoms with E-state index >= 15 is 0 Å². The zero-order chi connectivity index (χ0) is 8.73. The number of rotatable bonds is 1. The third-order valence-electron chi connectivity index (χ3n) is 0.111. The van der Waals surface area contributed by atoms with Gasteiger partial charge in [-0.05, 0) is 0 Å². The van der Waals surface area contributed by atoms with Crippen LogP contribution >= 0.6 is 0 Å². The van der Waals surface area contributed by atoms with Crippen molar-refractivity contribution in [3.05, 3.63) is 0 Å². The Labute approximate surface area is 118 Å². The molecule has 0 spiro atoms. The minimum absolute atomic E-state index is 0. The van der Waals surface area contributed by atoms with Crippen molar-refractivity contribution in [2.24, 2.45) is 0 Å². The van der Waals surface area contributed by atoms with E-state index in [0.29, 0.717) is 0 Å². The van der Waals surface area contributed by atoms with Crippen LogP contribution in [0.25, 0.3) is 0 Å². The third-order valence-corrected chi connectivity index (χ3v) is 1.00. The molecule has 10 heteroatoms. The zero-order valence-electron chi connectivity index (χ0n) is 6.80. The first kappa shape index (κ1) is 23.5. The average molecular weight is 234 g/mol. The number of carbonyl (C=O) groups is 1. The van der Waals surface area contributed by atoms with Crippen LogP contribution < -0.4 is 59.1 Å². The molecular weight excluding hydrogens is 230 g/mol. The third kappa shape index (κ3) is 41.3. The molecule has 6 nitrogen and oxygen atoms in total. The maximum absolute atomic E-state index is 9.09. The van der Waals surface area contributed by atoms with Gasteiger partial charge < -0.3 is 14.2 Å². The second-order valence-electron chi connectivity index (χ2n) is 0.927. The quantitative estimate of drug-likeness (QED) is 0.273. The van der Waals surface area contributed by atoms with Crippen LogP contribution in [0.15, 0.2) is 0 Å². The second kappa shape index (κ2) is 15.2. The van der Waals surface area contributed by atoms with Gasteiger partial charge in [-0.3, -0.25) is 13.2 Å². The summed E-state index contributed by atoms with van der Waals surface area (Å²) in [4.78, 5) is 9.00. The molecule has 0 aliphatic heterocycles. The molecule has 1 N–H and O–H groups in total. The van der Waals surface area contributed by atoms with Gasteiger partial charge in [0.15, 0.2) is 0 Å². The van der Waals surface area contributed by atoms with Crippen molar-refractivity contribution in [1.82, 2.24) is 0 Å². The molecule has 0 aromatic carbocycles. The van der Waals surface area contributed by atoms with Crippen LogP contribution in [0.4, 0.5) is 0 Å². The topological polar surface area (TPSA) is 118 Å². The van der Waals surface area contributed by atoms with Gasteiger partial charge in [0.05, 0.1) is 0 Å². The van der Waals surface area contributed by atoms with E-state index in [-0.39, 0.29) is 59.1 Å². The van der Waals surface area contributed by atoms with Crippen molar-refractivity contribution in [3.8, 4) is 0 Å². The van der Waals surface area contributed by atoms with Crippen molar-refractivity contribution < 1.29 is 86.5 Å². The first-order valence-corrected chi connectivity index (χ1v) is 4.43. The SMILES string of the molecule is CC(=O)O.O=S([O-])S(=O)[O-].[Na+].[Na+]. The smallest absolute Gasteiger partial charge is 0.763 e. The van der Waals surface area contributed by atoms with Gasteiger partial charge >= 0.3 is 59.1 Å². The second-order valence-corrected chi connectivity index (χ2v) is 3.38. The van der Waals surface area contributed by atoms with Crippen LogP contribution in [-0.2, 0) is 25.0 Å². The predicted octanol–water partition coefficient (Wildman–Crippen LogP) is -7.24. The Morgan fingerprint density at radius 2 is 1.25 bits per heavy atom. The van der Waals surface area contributed by atoms with Gasteiger partial charge in [0.1, 0.15) is 0 Å². The van der Waals surface area contributed by atoms with Crippen LogP contribution in [0.3, 0.4) is 0 Å². The van der Waals surface area contributed by atoms with Crippen molar-refractivity contribution in [1.29, 1.82) is 0 Å². The van der Waals surface area contributed by atoms with Crippen molar-refractivity contribution in [2.45, 2.75) is 6.92 Å². The molecule has 0 aliphatic rings. The van der Waals surface area contributed by atoms with Gasteiger partial charge in [-0.25, -0.2) is 0 Å². The maximum atomic E-state index is 9.09. The number of carboxylic acids is 1. The summed E-state index contributed by atoms with van der Waals surface area (Å²) < 4.78 is 36.3. The number of hydrogen-bond donors (Lipinski definition) is 1. The van der Waals surface area contributed by atoms with E-state index in [1.165, 1.54) is 0 Å². The fourth-order valence-electron chi connectivity index (χ4n) is 0. The van der Waals surface area contributed by atoms with Gasteiger partial charge in [-0.2, -0.15) is 0 Å². The standard InChI is InChI=1S/C2H4O2.2Na.H2O4S2/c1-2(3)4;;;1-5(2)6(3)4/h1H3,(H,3,4);;;(H,1,2)(H,3,4)/q;2*+1;/p-2. The Balaban J connectivity index is -0.0000000483. The minimum atomic E-state index is -2.95. The fraction of sp³-hybridized carbons (Fsp3) is 0.500. The van der Waals surface area contributed by atoms with Crippen molar-refractivity contribution >= 4 is 26.2 Å². The molecule has 0 rings (SSSR count). The number of carboxylic acid groups (broad SMARTS) is 1. The van der Waals surface area contributed by atoms with Crippen molar-refractivity contribution in [2.75, 3.05) is 0 Å². The van der Waals surface area contributed by atoms with E-state index < -0.39 is 26.2 Å². The molecule has 12 heavy (non-hydrogen) atoms. The fourth-order valence-corrected chi connectivity index (χ4v) is 0. The van der Waals surface area contributed by atoms with E-state index in [1.807, 2.05) is 0 Å². The largest absolute Gasteiger partial charge is 1.00 e. The minimum Gasteiger partial charge on any atom is -0.763 e. The Morgan fingerprint density at radius 1 is 1.17 bits per heavy atom. The van der Waals surface area contributed by atoms with E-state index in [9.17, 15) is 0 Å². The summed E-state index contributed by atoms with van der Waals surface area (Å²) in [5.74, 6) is -0.833. The van der Waals surface area contributed by atoms with E-state index in [4.69, 9.17) is 27.4 Å². The van der Waals surface area contributed by atoms with Crippen LogP contribution in [-0.4, -0.2) is 28.6 Å². The van der Waals surface area contributed by atoms with E-state index in [0.717, 1.165) is 6.92 Å². The normalized spacial score (nSPS) is 11.9. The molecule has 2 atom stereocenters. The van der Waals surface area contributed by atoms with Gasteiger partial charge in [0, 0.05) is 27.1 Å². The molecule has 0 saturated carbocycles. The average Bonchev–Trinajstić information content (AvgIpc) is 1.63. The Bertz CT molecular complexity index is 144. The molecule has 0 saturated heterocycles. The molecule has 0 amide bonds. The van der Waals surface area contributed by atoms with Crippen LogP contribution in [0.2, 0.25) is 0 Å². The first-order valence-electron chi connectivity index (χ1n) is 1.76. The molecule has 0 aromatic rings. The molecule has 2 unspecified atom stereocenters. The monoisotopic (exact) mass is 234 g/mol. The van der Waals surface area contributed by atoms with Gasteiger partial charge in [-0.15, -0.1) is 0 Å². The predicted molar refractivity (Wildman–Crippen MR) is 31.1 cm³/mol. The number of hydrogen-bond acceptors (Lipinski definition) is 5. The molecule has 62 valence electrons.